The highest BCUT2D eigenvalue weighted by molar-refractivity contribution is 6.06. The van der Waals surface area contributed by atoms with E-state index >= 15 is 0 Å². The van der Waals surface area contributed by atoms with Gasteiger partial charge in [-0.05, 0) is 42.0 Å². The van der Waals surface area contributed by atoms with Gasteiger partial charge in [0.15, 0.2) is 17.3 Å². The quantitative estimate of drug-likeness (QED) is 0.442. The number of ether oxygens (including phenoxy) is 2. The second-order valence-electron chi connectivity index (χ2n) is 7.35. The Labute approximate surface area is 179 Å². The monoisotopic (exact) mass is 414 g/mol. The number of aromatic nitrogens is 2. The third-order valence-electron chi connectivity index (χ3n) is 5.08. The second kappa shape index (κ2) is 8.39. The van der Waals surface area contributed by atoms with E-state index in [4.69, 9.17) is 9.47 Å². The molecule has 0 fully saturated rings. The van der Waals surface area contributed by atoms with E-state index in [1.54, 1.807) is 0 Å². The van der Waals surface area contributed by atoms with Crippen LogP contribution in [0.25, 0.3) is 10.9 Å². The zero-order valence-corrected chi connectivity index (χ0v) is 16.9. The standard InChI is InChI=1S/C24H22N4O3/c29-22(15-16-10-11-20-21(14-16)31-13-5-12-30-20)26-24-23-18(8-4-9-19(23)27-28-24)25-17-6-2-1-3-7-17/h1-4,6-11,14,25H,5,12-13,15H2,(H2,26,27,28,29). The molecule has 0 radical (unpaired) electrons. The molecule has 3 N–H and O–H groups in total. The summed E-state index contributed by atoms with van der Waals surface area (Å²) in [5.74, 6) is 1.74. The zero-order chi connectivity index (χ0) is 21.0. The number of hydrogen-bond donors (Lipinski definition) is 3. The van der Waals surface area contributed by atoms with Crippen molar-refractivity contribution in [3.05, 3.63) is 72.3 Å². The predicted octanol–water partition coefficient (Wildman–Crippen LogP) is 4.65. The molecule has 0 spiro atoms. The van der Waals surface area contributed by atoms with Crippen molar-refractivity contribution < 1.29 is 14.3 Å². The summed E-state index contributed by atoms with van der Waals surface area (Å²) in [5.41, 5.74) is 3.51. The highest BCUT2D eigenvalue weighted by atomic mass is 16.5. The van der Waals surface area contributed by atoms with E-state index in [0.29, 0.717) is 24.8 Å². The van der Waals surface area contributed by atoms with Crippen molar-refractivity contribution in [1.29, 1.82) is 0 Å². The van der Waals surface area contributed by atoms with Crippen molar-refractivity contribution in [1.82, 2.24) is 10.2 Å². The number of amides is 1. The maximum atomic E-state index is 12.8. The Balaban J connectivity index is 1.36. The molecule has 1 aliphatic rings. The van der Waals surface area contributed by atoms with Crippen molar-refractivity contribution in [2.24, 2.45) is 0 Å². The highest BCUT2D eigenvalue weighted by Gasteiger charge is 2.16. The third-order valence-corrected chi connectivity index (χ3v) is 5.08. The molecular weight excluding hydrogens is 392 g/mol. The molecule has 7 heteroatoms. The average Bonchev–Trinajstić information content (AvgIpc) is 3.04. The Morgan fingerprint density at radius 2 is 1.81 bits per heavy atom. The van der Waals surface area contributed by atoms with Crippen molar-refractivity contribution in [3.8, 4) is 11.5 Å². The molecule has 7 nitrogen and oxygen atoms in total. The van der Waals surface area contributed by atoms with Gasteiger partial charge in [-0.25, -0.2) is 0 Å². The molecule has 1 aliphatic heterocycles. The largest absolute Gasteiger partial charge is 0.490 e. The lowest BCUT2D eigenvalue weighted by atomic mass is 10.1. The minimum absolute atomic E-state index is 0.155. The molecule has 4 aromatic rings. The lowest BCUT2D eigenvalue weighted by Crippen LogP contribution is -2.15. The minimum Gasteiger partial charge on any atom is -0.490 e. The molecule has 0 unspecified atom stereocenters. The van der Waals surface area contributed by atoms with E-state index in [9.17, 15) is 4.79 Å². The van der Waals surface area contributed by atoms with E-state index in [1.807, 2.05) is 66.7 Å². The molecule has 0 saturated heterocycles. The lowest BCUT2D eigenvalue weighted by Gasteiger charge is -2.10. The van der Waals surface area contributed by atoms with Gasteiger partial charge in [-0.1, -0.05) is 30.3 Å². The van der Waals surface area contributed by atoms with Gasteiger partial charge in [0.25, 0.3) is 0 Å². The van der Waals surface area contributed by atoms with Crippen molar-refractivity contribution >= 4 is 34.0 Å². The number of carbonyl (C=O) groups is 1. The topological polar surface area (TPSA) is 88.3 Å². The van der Waals surface area contributed by atoms with E-state index in [0.717, 1.165) is 40.0 Å². The van der Waals surface area contributed by atoms with E-state index in [1.165, 1.54) is 0 Å². The molecule has 0 saturated carbocycles. The predicted molar refractivity (Wildman–Crippen MR) is 120 cm³/mol. The smallest absolute Gasteiger partial charge is 0.230 e. The van der Waals surface area contributed by atoms with Gasteiger partial charge in [0, 0.05) is 12.1 Å². The van der Waals surface area contributed by atoms with Gasteiger partial charge in [-0.2, -0.15) is 5.10 Å². The number of H-pyrrole nitrogens is 1. The summed E-state index contributed by atoms with van der Waals surface area (Å²) in [6, 6.07) is 21.3. The summed E-state index contributed by atoms with van der Waals surface area (Å²) in [5, 5.41) is 14.5. The number of para-hydroxylation sites is 1. The molecule has 0 atom stereocenters. The van der Waals surface area contributed by atoms with Crippen LogP contribution in [0.4, 0.5) is 17.2 Å². The zero-order valence-electron chi connectivity index (χ0n) is 16.9. The van der Waals surface area contributed by atoms with Crippen molar-refractivity contribution in [2.45, 2.75) is 12.8 Å². The van der Waals surface area contributed by atoms with E-state index in [2.05, 4.69) is 20.8 Å². The number of rotatable bonds is 5. The molecule has 1 amide bonds. The van der Waals surface area contributed by atoms with Crippen molar-refractivity contribution in [3.63, 3.8) is 0 Å². The van der Waals surface area contributed by atoms with Crippen LogP contribution in [0.5, 0.6) is 11.5 Å². The van der Waals surface area contributed by atoms with Crippen LogP contribution in [0.3, 0.4) is 0 Å². The van der Waals surface area contributed by atoms with Gasteiger partial charge in [-0.3, -0.25) is 9.89 Å². The molecule has 3 aromatic carbocycles. The number of fused-ring (bicyclic) bond motifs is 2. The van der Waals surface area contributed by atoms with Crippen LogP contribution in [0.2, 0.25) is 0 Å². The molecule has 0 bridgehead atoms. The number of carbonyl (C=O) groups excluding carboxylic acids is 1. The van der Waals surface area contributed by atoms with Crippen LogP contribution < -0.4 is 20.1 Å². The van der Waals surface area contributed by atoms with Crippen LogP contribution in [0, 0.1) is 0 Å². The van der Waals surface area contributed by atoms with Gasteiger partial charge in [0.05, 0.1) is 36.2 Å². The van der Waals surface area contributed by atoms with Gasteiger partial charge in [0.2, 0.25) is 5.91 Å². The second-order valence-corrected chi connectivity index (χ2v) is 7.35. The minimum atomic E-state index is -0.155. The maximum absolute atomic E-state index is 12.8. The Morgan fingerprint density at radius 1 is 0.968 bits per heavy atom. The fraction of sp³-hybridized carbons (Fsp3) is 0.167. The first-order valence-corrected chi connectivity index (χ1v) is 10.2. The molecule has 5 rings (SSSR count). The first-order chi connectivity index (χ1) is 15.3. The fourth-order valence-electron chi connectivity index (χ4n) is 3.62. The Morgan fingerprint density at radius 3 is 2.68 bits per heavy atom. The highest BCUT2D eigenvalue weighted by Crippen LogP contribution is 2.32. The first kappa shape index (κ1) is 19.0. The van der Waals surface area contributed by atoms with Crippen LogP contribution in [0.15, 0.2) is 66.7 Å². The molecule has 1 aromatic heterocycles. The lowest BCUT2D eigenvalue weighted by molar-refractivity contribution is -0.115. The van der Waals surface area contributed by atoms with E-state index < -0.39 is 0 Å². The molecule has 156 valence electrons. The Kier molecular flexibility index (Phi) is 5.14. The number of aromatic amines is 1. The summed E-state index contributed by atoms with van der Waals surface area (Å²) in [6.45, 7) is 1.25. The molecule has 0 aliphatic carbocycles. The van der Waals surface area contributed by atoms with Gasteiger partial charge >= 0.3 is 0 Å². The van der Waals surface area contributed by atoms with E-state index in [-0.39, 0.29) is 12.3 Å². The average molecular weight is 414 g/mol. The first-order valence-electron chi connectivity index (χ1n) is 10.2. The van der Waals surface area contributed by atoms with Crippen LogP contribution >= 0.6 is 0 Å². The van der Waals surface area contributed by atoms with Gasteiger partial charge in [0.1, 0.15) is 0 Å². The van der Waals surface area contributed by atoms with Crippen molar-refractivity contribution in [2.75, 3.05) is 23.8 Å². The summed E-state index contributed by atoms with van der Waals surface area (Å²) in [4.78, 5) is 12.8. The molecule has 31 heavy (non-hydrogen) atoms. The summed E-state index contributed by atoms with van der Waals surface area (Å²) in [7, 11) is 0. The SMILES string of the molecule is O=C(Cc1ccc2c(c1)OCCCO2)Nc1n[nH]c2cccc(Nc3ccccc3)c12. The van der Waals surface area contributed by atoms with Crippen LogP contribution in [-0.2, 0) is 11.2 Å². The fourth-order valence-corrected chi connectivity index (χ4v) is 3.62. The number of nitrogens with one attached hydrogen (secondary N) is 3. The molecule has 2 heterocycles. The number of benzene rings is 3. The number of hydrogen-bond acceptors (Lipinski definition) is 5. The Bertz CT molecular complexity index is 1220. The number of nitrogens with zero attached hydrogens (tertiary/aromatic N) is 1. The third kappa shape index (κ3) is 4.16. The maximum Gasteiger partial charge on any atom is 0.230 e. The summed E-state index contributed by atoms with van der Waals surface area (Å²) >= 11 is 0. The summed E-state index contributed by atoms with van der Waals surface area (Å²) in [6.07, 6.45) is 1.05. The van der Waals surface area contributed by atoms with Gasteiger partial charge < -0.3 is 20.1 Å². The molecular formula is C24H22N4O3. The van der Waals surface area contributed by atoms with Crippen LogP contribution in [-0.4, -0.2) is 29.3 Å². The normalized spacial score (nSPS) is 12.9. The van der Waals surface area contributed by atoms with Crippen LogP contribution in [0.1, 0.15) is 12.0 Å². The summed E-state index contributed by atoms with van der Waals surface area (Å²) < 4.78 is 11.4. The van der Waals surface area contributed by atoms with Gasteiger partial charge in [-0.15, -0.1) is 0 Å². The number of anilines is 3. The Hall–Kier alpha value is -4.00.